The maximum absolute atomic E-state index is 10.8. The van der Waals surface area contributed by atoms with Gasteiger partial charge in [-0.3, -0.25) is 4.79 Å². The third-order valence-corrected chi connectivity index (χ3v) is 3.86. The lowest BCUT2D eigenvalue weighted by molar-refractivity contribution is -0.109. The molecule has 0 spiro atoms. The van der Waals surface area contributed by atoms with E-state index in [1.165, 1.54) is 28.5 Å². The molecule has 0 fully saturated rings. The predicted molar refractivity (Wildman–Crippen MR) is 78.6 cm³/mol. The van der Waals surface area contributed by atoms with Gasteiger partial charge in [-0.15, -0.1) is 0 Å². The maximum Gasteiger partial charge on any atom is 0.185 e. The van der Waals surface area contributed by atoms with E-state index in [0.717, 1.165) is 31.7 Å². The molecule has 96 valence electrons. The van der Waals surface area contributed by atoms with Crippen LogP contribution in [0.25, 0.3) is 6.08 Å². The van der Waals surface area contributed by atoms with E-state index in [1.807, 2.05) is 0 Å². The Balaban J connectivity index is 1.89. The lowest BCUT2D eigenvalue weighted by Crippen LogP contribution is -2.23. The molecule has 1 aliphatic rings. The Morgan fingerprint density at radius 1 is 1.44 bits per heavy atom. The topological polar surface area (TPSA) is 29.1 Å². The molecule has 0 radical (unpaired) electrons. The number of allylic oxidation sites excluding steroid dienone is 1. The molecular weight excluding hydrogens is 242 g/mol. The van der Waals surface area contributed by atoms with E-state index >= 15 is 0 Å². The van der Waals surface area contributed by atoms with Crippen molar-refractivity contribution in [2.75, 3.05) is 12.3 Å². The molecule has 1 aromatic carbocycles. The third kappa shape index (κ3) is 4.00. The van der Waals surface area contributed by atoms with Gasteiger partial charge >= 0.3 is 0 Å². The number of carbonyl (C=O) groups is 1. The van der Waals surface area contributed by atoms with Gasteiger partial charge in [0.05, 0.1) is 0 Å². The number of thioether (sulfide) groups is 1. The van der Waals surface area contributed by atoms with Gasteiger partial charge in [0.2, 0.25) is 0 Å². The minimum Gasteiger partial charge on any atom is -0.312 e. The van der Waals surface area contributed by atoms with Crippen molar-refractivity contribution >= 4 is 23.0 Å². The maximum atomic E-state index is 10.8. The molecule has 0 bridgehead atoms. The van der Waals surface area contributed by atoms with Crippen LogP contribution in [0.1, 0.15) is 30.0 Å². The fourth-order valence-corrected chi connectivity index (χ4v) is 2.64. The van der Waals surface area contributed by atoms with E-state index in [-0.39, 0.29) is 5.12 Å². The number of hydrogen-bond donors (Lipinski definition) is 1. The second-order valence-corrected chi connectivity index (χ2v) is 5.76. The van der Waals surface area contributed by atoms with E-state index < -0.39 is 0 Å². The first-order chi connectivity index (χ1) is 8.75. The summed E-state index contributed by atoms with van der Waals surface area (Å²) in [6, 6.07) is 6.68. The standard InChI is InChI=1S/C15H19NOS/c1-12(17)18-9-3-2-4-13-5-6-14-7-8-16-11-15(14)10-13/h2,4-6,10,16H,3,7-9,11H2,1H3. The molecule has 2 rings (SSSR count). The second-order valence-electron chi connectivity index (χ2n) is 4.49. The zero-order chi connectivity index (χ0) is 12.8. The highest BCUT2D eigenvalue weighted by Gasteiger charge is 2.07. The van der Waals surface area contributed by atoms with Crippen LogP contribution in [-0.4, -0.2) is 17.4 Å². The summed E-state index contributed by atoms with van der Waals surface area (Å²) < 4.78 is 0. The monoisotopic (exact) mass is 261 g/mol. The summed E-state index contributed by atoms with van der Waals surface area (Å²) in [6.07, 6.45) is 6.37. The van der Waals surface area contributed by atoms with Gasteiger partial charge in [0.25, 0.3) is 0 Å². The lowest BCUT2D eigenvalue weighted by Gasteiger charge is -2.17. The largest absolute Gasteiger partial charge is 0.312 e. The van der Waals surface area contributed by atoms with Gasteiger partial charge < -0.3 is 5.32 Å². The highest BCUT2D eigenvalue weighted by molar-refractivity contribution is 8.13. The van der Waals surface area contributed by atoms with Crippen LogP contribution >= 0.6 is 11.8 Å². The van der Waals surface area contributed by atoms with E-state index in [2.05, 4.69) is 35.7 Å². The van der Waals surface area contributed by atoms with E-state index in [4.69, 9.17) is 0 Å². The van der Waals surface area contributed by atoms with E-state index in [9.17, 15) is 4.79 Å². The molecule has 0 amide bonds. The minimum atomic E-state index is 0.197. The molecule has 2 nitrogen and oxygen atoms in total. The van der Waals surface area contributed by atoms with Crippen LogP contribution in [0.15, 0.2) is 24.3 Å². The average molecular weight is 261 g/mol. The van der Waals surface area contributed by atoms with Crippen molar-refractivity contribution < 1.29 is 4.79 Å². The van der Waals surface area contributed by atoms with Crippen molar-refractivity contribution in [3.63, 3.8) is 0 Å². The van der Waals surface area contributed by atoms with Gasteiger partial charge in [-0.05, 0) is 36.1 Å². The molecule has 0 aliphatic carbocycles. The summed E-state index contributed by atoms with van der Waals surface area (Å²) in [5.74, 6) is 0.873. The van der Waals surface area contributed by atoms with Gasteiger partial charge in [0.1, 0.15) is 0 Å². The number of nitrogens with one attached hydrogen (secondary N) is 1. The summed E-state index contributed by atoms with van der Waals surface area (Å²) >= 11 is 1.39. The summed E-state index contributed by atoms with van der Waals surface area (Å²) in [7, 11) is 0. The number of benzene rings is 1. The van der Waals surface area contributed by atoms with Gasteiger partial charge in [-0.25, -0.2) is 0 Å². The number of fused-ring (bicyclic) bond motifs is 1. The van der Waals surface area contributed by atoms with Crippen molar-refractivity contribution in [1.82, 2.24) is 5.32 Å². The van der Waals surface area contributed by atoms with Crippen LogP contribution in [0.3, 0.4) is 0 Å². The predicted octanol–water partition coefficient (Wildman–Crippen LogP) is 3.02. The Kier molecular flexibility index (Phi) is 5.02. The lowest BCUT2D eigenvalue weighted by atomic mass is 9.98. The van der Waals surface area contributed by atoms with Crippen molar-refractivity contribution in [3.8, 4) is 0 Å². The smallest absolute Gasteiger partial charge is 0.185 e. The van der Waals surface area contributed by atoms with Crippen LogP contribution < -0.4 is 5.32 Å². The normalized spacial score (nSPS) is 14.7. The van der Waals surface area contributed by atoms with Crippen molar-refractivity contribution in [2.45, 2.75) is 26.3 Å². The molecule has 0 unspecified atom stereocenters. The van der Waals surface area contributed by atoms with Crippen LogP contribution in [0.5, 0.6) is 0 Å². The van der Waals surface area contributed by atoms with Gasteiger partial charge in [-0.1, -0.05) is 42.1 Å². The summed E-state index contributed by atoms with van der Waals surface area (Å²) in [4.78, 5) is 10.8. The molecule has 1 heterocycles. The molecule has 0 saturated carbocycles. The quantitative estimate of drug-likeness (QED) is 0.845. The number of hydrogen-bond acceptors (Lipinski definition) is 3. The molecule has 0 aromatic heterocycles. The van der Waals surface area contributed by atoms with Gasteiger partial charge in [0, 0.05) is 19.2 Å². The number of rotatable bonds is 4. The zero-order valence-corrected chi connectivity index (χ0v) is 11.6. The summed E-state index contributed by atoms with van der Waals surface area (Å²) in [5.41, 5.74) is 4.14. The zero-order valence-electron chi connectivity index (χ0n) is 10.7. The fourth-order valence-electron chi connectivity index (χ4n) is 2.09. The molecule has 0 atom stereocenters. The Morgan fingerprint density at radius 2 is 2.33 bits per heavy atom. The van der Waals surface area contributed by atoms with Crippen LogP contribution in [0.2, 0.25) is 0 Å². The van der Waals surface area contributed by atoms with Crippen molar-refractivity contribution in [3.05, 3.63) is 41.0 Å². The summed E-state index contributed by atoms with van der Waals surface area (Å²) in [6.45, 7) is 3.69. The Morgan fingerprint density at radius 3 is 3.17 bits per heavy atom. The highest BCUT2D eigenvalue weighted by atomic mass is 32.2. The first-order valence-corrected chi connectivity index (χ1v) is 7.37. The average Bonchev–Trinajstić information content (AvgIpc) is 2.38. The molecule has 3 heteroatoms. The number of carbonyl (C=O) groups excluding carboxylic acids is 1. The molecule has 1 aromatic rings. The van der Waals surface area contributed by atoms with E-state index in [0.29, 0.717) is 0 Å². The van der Waals surface area contributed by atoms with Gasteiger partial charge in [0.15, 0.2) is 5.12 Å². The van der Waals surface area contributed by atoms with Crippen LogP contribution in [0, 0.1) is 0 Å². The van der Waals surface area contributed by atoms with Crippen molar-refractivity contribution in [2.24, 2.45) is 0 Å². The van der Waals surface area contributed by atoms with Gasteiger partial charge in [-0.2, -0.15) is 0 Å². The minimum absolute atomic E-state index is 0.197. The highest BCUT2D eigenvalue weighted by Crippen LogP contribution is 2.17. The summed E-state index contributed by atoms with van der Waals surface area (Å²) in [5, 5.41) is 3.59. The van der Waals surface area contributed by atoms with Crippen LogP contribution in [0.4, 0.5) is 0 Å². The first-order valence-electron chi connectivity index (χ1n) is 6.38. The Hall–Kier alpha value is -1.06. The first kappa shape index (κ1) is 13.4. The molecule has 1 N–H and O–H groups in total. The third-order valence-electron chi connectivity index (χ3n) is 3.02. The molecular formula is C15H19NOS. The van der Waals surface area contributed by atoms with E-state index in [1.54, 1.807) is 6.92 Å². The molecule has 0 saturated heterocycles. The fraction of sp³-hybridized carbons (Fsp3) is 0.400. The van der Waals surface area contributed by atoms with Crippen molar-refractivity contribution in [1.29, 1.82) is 0 Å². The Labute approximate surface area is 113 Å². The molecule has 1 aliphatic heterocycles. The molecule has 18 heavy (non-hydrogen) atoms. The second kappa shape index (κ2) is 6.76. The SMILES string of the molecule is CC(=O)SCCC=Cc1ccc2c(c1)CNCC2. The van der Waals surface area contributed by atoms with Crippen LogP contribution in [-0.2, 0) is 17.8 Å². The Bertz CT molecular complexity index is 454.